The first-order valence-electron chi connectivity index (χ1n) is 17.4. The van der Waals surface area contributed by atoms with Crippen molar-refractivity contribution >= 4 is 71.6 Å². The van der Waals surface area contributed by atoms with Gasteiger partial charge in [-0.15, -0.1) is 0 Å². The van der Waals surface area contributed by atoms with E-state index in [0.29, 0.717) is 12.8 Å². The van der Waals surface area contributed by atoms with Gasteiger partial charge in [0.15, 0.2) is 0 Å². The van der Waals surface area contributed by atoms with Gasteiger partial charge in [0.05, 0.1) is 9.79 Å². The van der Waals surface area contributed by atoms with E-state index in [-0.39, 0.29) is 72.7 Å². The van der Waals surface area contributed by atoms with Crippen LogP contribution in [0, 0.1) is 0 Å². The van der Waals surface area contributed by atoms with E-state index in [1.807, 2.05) is 0 Å². The van der Waals surface area contributed by atoms with Gasteiger partial charge in [0.25, 0.3) is 20.2 Å². The number of hydrogen-bond donors (Lipinski definition) is 2. The third-order valence-electron chi connectivity index (χ3n) is 8.35. The molecule has 0 fully saturated rings. The first-order valence-corrected chi connectivity index (χ1v) is 20.3. The normalized spacial score (nSPS) is 11.8. The molecule has 2 aromatic rings. The van der Waals surface area contributed by atoms with Crippen LogP contribution in [-0.4, -0.2) is 77.3 Å². The van der Waals surface area contributed by atoms with Crippen LogP contribution in [0.2, 0.25) is 0 Å². The third kappa shape index (κ3) is 19.6. The molecule has 2 N–H and O–H groups in total. The summed E-state index contributed by atoms with van der Waals surface area (Å²) in [6.45, 7) is 4.44. The number of unbranched alkanes of at least 4 members (excludes halogenated alkanes) is 18. The molecule has 0 atom stereocenters. The molecule has 7 nitrogen and oxygen atoms in total. The van der Waals surface area contributed by atoms with Crippen molar-refractivity contribution in [1.29, 1.82) is 0 Å². The van der Waals surface area contributed by atoms with Gasteiger partial charge in [0.2, 0.25) is 0 Å². The van der Waals surface area contributed by atoms with Crippen molar-refractivity contribution in [2.24, 2.45) is 0 Å². The molecule has 2 rings (SSSR count). The molecule has 2 aromatic carbocycles. The Hall–Kier alpha value is -0.304. The van der Waals surface area contributed by atoms with E-state index in [4.69, 9.17) is 4.74 Å². The first kappa shape index (κ1) is 43.7. The van der Waals surface area contributed by atoms with E-state index in [9.17, 15) is 25.9 Å². The second-order valence-corrected chi connectivity index (χ2v) is 15.4. The summed E-state index contributed by atoms with van der Waals surface area (Å²) in [6.07, 6.45) is 25.1. The molecule has 0 unspecified atom stereocenters. The summed E-state index contributed by atoms with van der Waals surface area (Å²) in [5.41, 5.74) is 1.44. The zero-order valence-electron chi connectivity index (χ0n) is 27.8. The van der Waals surface area contributed by atoms with E-state index in [0.717, 1.165) is 49.7 Å². The van der Waals surface area contributed by atoms with Crippen molar-refractivity contribution in [3.8, 4) is 11.5 Å². The molecule has 0 aliphatic carbocycles. The molecule has 0 aliphatic rings. The predicted molar refractivity (Wildman–Crippen MR) is 191 cm³/mol. The molecular weight excluding hydrogens is 648 g/mol. The van der Waals surface area contributed by atoms with Gasteiger partial charge in [0.1, 0.15) is 11.5 Å². The van der Waals surface area contributed by atoms with Crippen LogP contribution in [0.1, 0.15) is 153 Å². The Kier molecular flexibility index (Phi) is 23.5. The van der Waals surface area contributed by atoms with Crippen molar-refractivity contribution in [3.63, 3.8) is 0 Å². The number of benzene rings is 2. The van der Waals surface area contributed by atoms with Gasteiger partial charge in [-0.25, -0.2) is 0 Å². The Morgan fingerprint density at radius 1 is 0.457 bits per heavy atom. The fourth-order valence-corrected chi connectivity index (χ4v) is 6.87. The van der Waals surface area contributed by atoms with E-state index in [2.05, 4.69) is 13.8 Å². The molecule has 10 heteroatoms. The van der Waals surface area contributed by atoms with Gasteiger partial charge in [-0.2, -0.15) is 16.8 Å². The molecule has 0 amide bonds. The summed E-state index contributed by atoms with van der Waals surface area (Å²) in [5.74, 6) is 0.370. The summed E-state index contributed by atoms with van der Waals surface area (Å²) in [5, 5.41) is 0. The molecule has 0 saturated carbocycles. The maximum atomic E-state index is 12.0. The molecule has 46 heavy (non-hydrogen) atoms. The van der Waals surface area contributed by atoms with Crippen LogP contribution in [0.4, 0.5) is 0 Å². The van der Waals surface area contributed by atoms with Gasteiger partial charge in [-0.1, -0.05) is 129 Å². The predicted octanol–water partition coefficient (Wildman–Crippen LogP) is 10.3. The summed E-state index contributed by atoms with van der Waals surface area (Å²) in [6, 6.07) is 8.84. The zero-order chi connectivity index (χ0) is 33.0. The van der Waals surface area contributed by atoms with Crippen molar-refractivity contribution in [2.75, 3.05) is 0 Å². The van der Waals surface area contributed by atoms with Gasteiger partial charge in [0, 0.05) is 12.1 Å². The van der Waals surface area contributed by atoms with E-state index in [1.54, 1.807) is 12.1 Å². The molecule has 0 saturated heterocycles. The standard InChI is InChI=1S/C36H58O7S2.K.H/c1-3-5-7-9-11-13-15-17-19-21-23-31-25-33(29-35(27-31)44(37,38)39)43-34-26-32(28-36(30-34)45(40,41)42)24-22-20-18-16-14-12-10-8-6-4-2;;/h25-30H,3-24H2,1-2H3,(H,37,38,39)(H,40,41,42);;. The van der Waals surface area contributed by atoms with Crippen molar-refractivity contribution in [2.45, 2.75) is 165 Å². The minimum absolute atomic E-state index is 0. The Balaban J connectivity index is 0.0000106. The molecular formula is C36H59KO7S2. The topological polar surface area (TPSA) is 118 Å². The average Bonchev–Trinajstić information content (AvgIpc) is 2.98. The Morgan fingerprint density at radius 2 is 0.739 bits per heavy atom. The maximum absolute atomic E-state index is 12.0. The molecule has 0 radical (unpaired) electrons. The van der Waals surface area contributed by atoms with Gasteiger partial charge in [-0.05, 0) is 61.1 Å². The molecule has 258 valence electrons. The Labute approximate surface area is 323 Å². The molecule has 0 aromatic heterocycles. The number of aryl methyl sites for hydroxylation is 2. The van der Waals surface area contributed by atoms with Crippen LogP contribution in [0.15, 0.2) is 46.2 Å². The van der Waals surface area contributed by atoms with Crippen LogP contribution in [0.25, 0.3) is 0 Å². The first-order chi connectivity index (χ1) is 21.5. The zero-order valence-corrected chi connectivity index (χ0v) is 29.4. The van der Waals surface area contributed by atoms with Gasteiger partial charge < -0.3 is 4.74 Å². The second-order valence-electron chi connectivity index (χ2n) is 12.5. The Morgan fingerprint density at radius 3 is 1.02 bits per heavy atom. The monoisotopic (exact) mass is 706 g/mol. The third-order valence-corrected chi connectivity index (χ3v) is 10.0. The second kappa shape index (κ2) is 24.8. The number of ether oxygens (including phenoxy) is 1. The van der Waals surface area contributed by atoms with E-state index in [1.165, 1.54) is 114 Å². The summed E-state index contributed by atoms with van der Waals surface area (Å²) in [7, 11) is -8.95. The van der Waals surface area contributed by atoms with Crippen molar-refractivity contribution in [3.05, 3.63) is 47.5 Å². The van der Waals surface area contributed by atoms with Crippen LogP contribution in [-0.2, 0) is 33.1 Å². The SMILES string of the molecule is CCCCCCCCCCCCc1cc(Oc2cc(CCCCCCCCCCCC)cc(S(=O)(=O)O)c2)cc(S(=O)(=O)O)c1.[KH]. The van der Waals surface area contributed by atoms with E-state index >= 15 is 0 Å². The van der Waals surface area contributed by atoms with Gasteiger partial charge in [-0.3, -0.25) is 9.11 Å². The summed E-state index contributed by atoms with van der Waals surface area (Å²) >= 11 is 0. The van der Waals surface area contributed by atoms with Crippen LogP contribution < -0.4 is 4.74 Å². The fraction of sp³-hybridized carbons (Fsp3) is 0.667. The average molecular weight is 707 g/mol. The summed E-state index contributed by atoms with van der Waals surface area (Å²) in [4.78, 5) is -0.530. The van der Waals surface area contributed by atoms with Crippen LogP contribution in [0.5, 0.6) is 11.5 Å². The van der Waals surface area contributed by atoms with Gasteiger partial charge >= 0.3 is 51.4 Å². The number of rotatable bonds is 26. The minimum atomic E-state index is -4.48. The fourth-order valence-electron chi connectivity index (χ4n) is 5.73. The van der Waals surface area contributed by atoms with Crippen molar-refractivity contribution in [1.82, 2.24) is 0 Å². The molecule has 0 aliphatic heterocycles. The number of hydrogen-bond acceptors (Lipinski definition) is 5. The van der Waals surface area contributed by atoms with Crippen LogP contribution >= 0.6 is 0 Å². The molecule has 0 heterocycles. The summed E-state index contributed by atoms with van der Waals surface area (Å²) < 4.78 is 73.6. The quantitative estimate of drug-likeness (QED) is 0.0568. The van der Waals surface area contributed by atoms with Crippen LogP contribution in [0.3, 0.4) is 0 Å². The Bertz CT molecular complexity index is 1230. The molecule has 0 bridgehead atoms. The van der Waals surface area contributed by atoms with E-state index < -0.39 is 20.2 Å². The van der Waals surface area contributed by atoms with Crippen molar-refractivity contribution < 1.29 is 30.7 Å². The molecule has 0 spiro atoms.